The van der Waals surface area contributed by atoms with E-state index in [0.717, 1.165) is 27.9 Å². The Balaban J connectivity index is 1.86. The van der Waals surface area contributed by atoms with Crippen LogP contribution in [-0.4, -0.2) is 11.8 Å². The third-order valence-corrected chi connectivity index (χ3v) is 5.37. The van der Waals surface area contributed by atoms with Gasteiger partial charge in [-0.25, -0.2) is 4.90 Å². The molecule has 0 fully saturated rings. The standard InChI is InChI=1S/C25H22N2O2/c1-16-11-9-14-20(18(16)3)26-23-22(19-12-5-4-6-13-19)24(28)27(25(23)29)21-15-8-7-10-17(21)2/h4-15,26H,1-3H3. The van der Waals surface area contributed by atoms with Gasteiger partial charge in [0.1, 0.15) is 5.70 Å². The summed E-state index contributed by atoms with van der Waals surface area (Å²) in [6.45, 7) is 5.92. The molecule has 1 N–H and O–H groups in total. The molecule has 4 heteroatoms. The summed E-state index contributed by atoms with van der Waals surface area (Å²) in [5.74, 6) is -0.660. The number of nitrogens with one attached hydrogen (secondary N) is 1. The molecule has 0 aliphatic carbocycles. The Morgan fingerprint density at radius 1 is 0.690 bits per heavy atom. The lowest BCUT2D eigenvalue weighted by molar-refractivity contribution is -0.120. The second-order valence-electron chi connectivity index (χ2n) is 7.22. The Kier molecular flexibility index (Phi) is 4.77. The largest absolute Gasteiger partial charge is 0.350 e. The van der Waals surface area contributed by atoms with Crippen LogP contribution in [0.2, 0.25) is 0 Å². The molecule has 0 saturated heterocycles. The van der Waals surface area contributed by atoms with E-state index in [1.165, 1.54) is 4.90 Å². The average Bonchev–Trinajstić information content (AvgIpc) is 2.96. The maximum absolute atomic E-state index is 13.4. The van der Waals surface area contributed by atoms with E-state index in [1.54, 1.807) is 6.07 Å². The first-order chi connectivity index (χ1) is 14.0. The fourth-order valence-electron chi connectivity index (χ4n) is 3.57. The lowest BCUT2D eigenvalue weighted by Crippen LogP contribution is -2.33. The van der Waals surface area contributed by atoms with Gasteiger partial charge in [0.25, 0.3) is 11.8 Å². The van der Waals surface area contributed by atoms with Gasteiger partial charge >= 0.3 is 0 Å². The Morgan fingerprint density at radius 2 is 1.34 bits per heavy atom. The highest BCUT2D eigenvalue weighted by molar-refractivity contribution is 6.46. The minimum atomic E-state index is -0.343. The number of nitrogens with zero attached hydrogens (tertiary/aromatic N) is 1. The molecule has 144 valence electrons. The zero-order chi connectivity index (χ0) is 20.5. The van der Waals surface area contributed by atoms with Crippen LogP contribution in [0.15, 0.2) is 78.5 Å². The highest BCUT2D eigenvalue weighted by Gasteiger charge is 2.40. The van der Waals surface area contributed by atoms with E-state index >= 15 is 0 Å². The third-order valence-electron chi connectivity index (χ3n) is 5.37. The van der Waals surface area contributed by atoms with Crippen LogP contribution < -0.4 is 10.2 Å². The molecular weight excluding hydrogens is 360 g/mol. The van der Waals surface area contributed by atoms with Crippen molar-refractivity contribution in [2.24, 2.45) is 0 Å². The normalized spacial score (nSPS) is 14.0. The number of benzene rings is 3. The van der Waals surface area contributed by atoms with Crippen molar-refractivity contribution in [3.05, 3.63) is 101 Å². The summed E-state index contributed by atoms with van der Waals surface area (Å²) in [6.07, 6.45) is 0. The molecule has 0 bridgehead atoms. The number of rotatable bonds is 4. The first-order valence-corrected chi connectivity index (χ1v) is 9.56. The summed E-state index contributed by atoms with van der Waals surface area (Å²) in [7, 11) is 0. The average molecular weight is 382 g/mol. The number of hydrogen-bond donors (Lipinski definition) is 1. The van der Waals surface area contributed by atoms with Crippen LogP contribution in [0.5, 0.6) is 0 Å². The van der Waals surface area contributed by atoms with Crippen molar-refractivity contribution in [1.29, 1.82) is 0 Å². The maximum atomic E-state index is 13.4. The number of hydrogen-bond acceptors (Lipinski definition) is 3. The van der Waals surface area contributed by atoms with Crippen molar-refractivity contribution in [1.82, 2.24) is 0 Å². The van der Waals surface area contributed by atoms with Gasteiger partial charge in [0.05, 0.1) is 11.3 Å². The van der Waals surface area contributed by atoms with Gasteiger partial charge in [0, 0.05) is 5.69 Å². The fraction of sp³-hybridized carbons (Fsp3) is 0.120. The number of amides is 2. The van der Waals surface area contributed by atoms with Gasteiger partial charge in [0.15, 0.2) is 0 Å². The van der Waals surface area contributed by atoms with E-state index in [0.29, 0.717) is 17.0 Å². The minimum absolute atomic E-state index is 0.304. The molecule has 4 nitrogen and oxygen atoms in total. The highest BCUT2D eigenvalue weighted by atomic mass is 16.2. The van der Waals surface area contributed by atoms with Gasteiger partial charge in [-0.1, -0.05) is 60.7 Å². The van der Waals surface area contributed by atoms with E-state index in [9.17, 15) is 9.59 Å². The SMILES string of the molecule is Cc1ccccc1N1C(=O)C(Nc2cccc(C)c2C)=C(c2ccccc2)C1=O. The van der Waals surface area contributed by atoms with Crippen molar-refractivity contribution < 1.29 is 9.59 Å². The Morgan fingerprint density at radius 3 is 2.07 bits per heavy atom. The van der Waals surface area contributed by atoms with Crippen LogP contribution in [0.4, 0.5) is 11.4 Å². The smallest absolute Gasteiger partial charge is 0.282 e. The van der Waals surface area contributed by atoms with Gasteiger partial charge in [-0.05, 0) is 55.2 Å². The topological polar surface area (TPSA) is 49.4 Å². The van der Waals surface area contributed by atoms with E-state index in [-0.39, 0.29) is 11.8 Å². The number of carbonyl (C=O) groups is 2. The van der Waals surface area contributed by atoms with Crippen LogP contribution in [-0.2, 0) is 9.59 Å². The zero-order valence-corrected chi connectivity index (χ0v) is 16.7. The summed E-state index contributed by atoms with van der Waals surface area (Å²) in [4.78, 5) is 28.1. The van der Waals surface area contributed by atoms with Crippen LogP contribution in [0, 0.1) is 20.8 Å². The zero-order valence-electron chi connectivity index (χ0n) is 16.7. The molecule has 0 aromatic heterocycles. The highest BCUT2D eigenvalue weighted by Crippen LogP contribution is 2.35. The molecule has 0 radical (unpaired) electrons. The second-order valence-corrected chi connectivity index (χ2v) is 7.22. The van der Waals surface area contributed by atoms with Crippen molar-refractivity contribution in [2.45, 2.75) is 20.8 Å². The Hall–Kier alpha value is -3.66. The summed E-state index contributed by atoms with van der Waals surface area (Å²) in [5.41, 5.74) is 5.86. The van der Waals surface area contributed by atoms with Crippen molar-refractivity contribution >= 4 is 28.8 Å². The number of imide groups is 1. The molecule has 0 spiro atoms. The van der Waals surface area contributed by atoms with Gasteiger partial charge in [0.2, 0.25) is 0 Å². The summed E-state index contributed by atoms with van der Waals surface area (Å²) in [6, 6.07) is 22.6. The Labute approximate surface area is 170 Å². The van der Waals surface area contributed by atoms with Crippen LogP contribution in [0.3, 0.4) is 0 Å². The molecule has 3 aromatic carbocycles. The number of aryl methyl sites for hydroxylation is 2. The lowest BCUT2D eigenvalue weighted by atomic mass is 10.0. The molecule has 0 atom stereocenters. The second kappa shape index (κ2) is 7.40. The van der Waals surface area contributed by atoms with Crippen molar-refractivity contribution in [3.8, 4) is 0 Å². The quantitative estimate of drug-likeness (QED) is 0.646. The molecule has 29 heavy (non-hydrogen) atoms. The van der Waals surface area contributed by atoms with E-state index in [4.69, 9.17) is 0 Å². The van der Waals surface area contributed by atoms with E-state index < -0.39 is 0 Å². The van der Waals surface area contributed by atoms with Gasteiger partial charge < -0.3 is 5.32 Å². The Bertz CT molecular complexity index is 1150. The van der Waals surface area contributed by atoms with E-state index in [2.05, 4.69) is 5.32 Å². The molecule has 1 heterocycles. The molecule has 2 amide bonds. The molecular formula is C25H22N2O2. The van der Waals surface area contributed by atoms with Crippen molar-refractivity contribution in [3.63, 3.8) is 0 Å². The third kappa shape index (κ3) is 3.23. The summed E-state index contributed by atoms with van der Waals surface area (Å²) >= 11 is 0. The molecule has 4 rings (SSSR count). The minimum Gasteiger partial charge on any atom is -0.350 e. The first kappa shape index (κ1) is 18.7. The predicted octanol–water partition coefficient (Wildman–Crippen LogP) is 5.01. The maximum Gasteiger partial charge on any atom is 0.282 e. The predicted molar refractivity (Wildman–Crippen MR) is 117 cm³/mol. The molecule has 0 unspecified atom stereocenters. The van der Waals surface area contributed by atoms with Gasteiger partial charge in [-0.15, -0.1) is 0 Å². The van der Waals surface area contributed by atoms with Crippen LogP contribution in [0.25, 0.3) is 5.57 Å². The summed E-state index contributed by atoms with van der Waals surface area (Å²) in [5, 5.41) is 3.27. The van der Waals surface area contributed by atoms with Crippen molar-refractivity contribution in [2.75, 3.05) is 10.2 Å². The molecule has 3 aromatic rings. The number of carbonyl (C=O) groups excluding carboxylic acids is 2. The number of anilines is 2. The lowest BCUT2D eigenvalue weighted by Gasteiger charge is -2.18. The number of para-hydroxylation sites is 1. The van der Waals surface area contributed by atoms with E-state index in [1.807, 2.05) is 87.5 Å². The molecule has 1 aliphatic rings. The summed E-state index contributed by atoms with van der Waals surface area (Å²) < 4.78 is 0. The monoisotopic (exact) mass is 382 g/mol. The molecule has 0 saturated carbocycles. The first-order valence-electron chi connectivity index (χ1n) is 9.56. The van der Waals surface area contributed by atoms with Gasteiger partial charge in [-0.3, -0.25) is 9.59 Å². The van der Waals surface area contributed by atoms with Crippen LogP contribution in [0.1, 0.15) is 22.3 Å². The van der Waals surface area contributed by atoms with Crippen LogP contribution >= 0.6 is 0 Å². The fourth-order valence-corrected chi connectivity index (χ4v) is 3.57. The van der Waals surface area contributed by atoms with Gasteiger partial charge in [-0.2, -0.15) is 0 Å². The molecule has 1 aliphatic heterocycles.